The van der Waals surface area contributed by atoms with Crippen molar-refractivity contribution in [3.63, 3.8) is 0 Å². The van der Waals surface area contributed by atoms with Crippen LogP contribution in [0, 0.1) is 0 Å². The van der Waals surface area contributed by atoms with E-state index in [1.165, 1.54) is 41.9 Å². The second kappa shape index (κ2) is 22.8. The molecule has 0 aliphatic heterocycles. The molecule has 6 aromatic carbocycles. The number of aromatic hydroxyl groups is 2. The second-order valence-electron chi connectivity index (χ2n) is 12.6. The molecule has 6 rings (SSSR count). The third kappa shape index (κ3) is 14.8. The van der Waals surface area contributed by atoms with Gasteiger partial charge in [-0.1, -0.05) is 77.8 Å². The zero-order valence-corrected chi connectivity index (χ0v) is 34.6. The number of hydrogen-bond acceptors (Lipinski definition) is 8. The van der Waals surface area contributed by atoms with Crippen LogP contribution in [0.4, 0.5) is 22.7 Å². The molecule has 0 bridgehead atoms. The SMILES string of the molecule is CCCCc1ccc(NC(=O)CSc2ccccc2N=Cc2ccccc2O)cc1.O=C(CSc1ccc(N=Cc2ccccc2O)cc1)Nc1ccc(Br)cc1. The molecule has 57 heavy (non-hydrogen) atoms. The topological polar surface area (TPSA) is 123 Å². The number of benzene rings is 6. The number of unbranched alkanes of at least 4 members (excludes halogenated alkanes) is 1. The average Bonchev–Trinajstić information content (AvgIpc) is 3.23. The summed E-state index contributed by atoms with van der Waals surface area (Å²) in [6, 6.07) is 44.9. The number of hydrogen-bond donors (Lipinski definition) is 4. The van der Waals surface area contributed by atoms with E-state index >= 15 is 0 Å². The van der Waals surface area contributed by atoms with E-state index in [-0.39, 0.29) is 23.3 Å². The number of phenolic OH excluding ortho intramolecular Hbond substituents is 2. The van der Waals surface area contributed by atoms with Gasteiger partial charge in [0.05, 0.1) is 22.9 Å². The van der Waals surface area contributed by atoms with E-state index in [0.717, 1.165) is 43.4 Å². The average molecular weight is 860 g/mol. The van der Waals surface area contributed by atoms with Crippen molar-refractivity contribution in [2.75, 3.05) is 22.1 Å². The van der Waals surface area contributed by atoms with Crippen LogP contribution in [0.1, 0.15) is 36.5 Å². The zero-order chi connectivity index (χ0) is 40.2. The summed E-state index contributed by atoms with van der Waals surface area (Å²) in [6.07, 6.45) is 6.68. The number of aliphatic imine (C=N–C) groups is 2. The second-order valence-corrected chi connectivity index (χ2v) is 15.6. The lowest BCUT2D eigenvalue weighted by Gasteiger charge is -2.08. The predicted octanol–water partition coefficient (Wildman–Crippen LogP) is 11.9. The molecule has 0 heterocycles. The highest BCUT2D eigenvalue weighted by Crippen LogP contribution is 2.30. The lowest BCUT2D eigenvalue weighted by atomic mass is 10.1. The number of nitrogens with zero attached hydrogens (tertiary/aromatic N) is 2. The van der Waals surface area contributed by atoms with Gasteiger partial charge in [0.15, 0.2) is 0 Å². The quantitative estimate of drug-likeness (QED) is 0.0602. The Hall–Kier alpha value is -5.62. The molecule has 0 aliphatic carbocycles. The van der Waals surface area contributed by atoms with Gasteiger partial charge >= 0.3 is 0 Å². The fourth-order valence-electron chi connectivity index (χ4n) is 5.15. The van der Waals surface area contributed by atoms with Gasteiger partial charge in [0, 0.05) is 49.2 Å². The first-order valence-electron chi connectivity index (χ1n) is 18.3. The number of thioether (sulfide) groups is 2. The summed E-state index contributed by atoms with van der Waals surface area (Å²) in [6.45, 7) is 2.18. The summed E-state index contributed by atoms with van der Waals surface area (Å²) in [5.74, 6) is 0.901. The number of para-hydroxylation sites is 3. The molecule has 4 N–H and O–H groups in total. The minimum Gasteiger partial charge on any atom is -0.507 e. The molecule has 0 saturated carbocycles. The third-order valence-corrected chi connectivity index (χ3v) is 10.8. The van der Waals surface area contributed by atoms with E-state index in [2.05, 4.69) is 55.6 Å². The van der Waals surface area contributed by atoms with Gasteiger partial charge in [0.25, 0.3) is 0 Å². The number of carbonyl (C=O) groups is 2. The van der Waals surface area contributed by atoms with E-state index in [0.29, 0.717) is 22.6 Å². The monoisotopic (exact) mass is 858 g/mol. The molecule has 0 spiro atoms. The maximum atomic E-state index is 12.4. The standard InChI is InChI=1S/C25H26N2O2S.C21H17BrN2O2S/c1-2-3-8-19-13-15-21(16-14-19)27-25(29)18-30-24-12-7-5-10-22(24)26-17-20-9-4-6-11-23(20)28;22-16-5-7-18(8-6-16)24-21(26)14-27-19-11-9-17(10-12-19)23-13-15-3-1-2-4-20(15)25/h4-7,9-17,28H,2-3,8,18H2,1H3,(H,27,29);1-13,25H,14H2,(H,24,26). The smallest absolute Gasteiger partial charge is 0.234 e. The number of rotatable bonds is 15. The van der Waals surface area contributed by atoms with Crippen LogP contribution in [-0.2, 0) is 16.0 Å². The molecule has 0 aliphatic rings. The van der Waals surface area contributed by atoms with E-state index in [9.17, 15) is 19.8 Å². The Morgan fingerprint density at radius 2 is 1.16 bits per heavy atom. The predicted molar refractivity (Wildman–Crippen MR) is 242 cm³/mol. The molecule has 6 aromatic rings. The lowest BCUT2D eigenvalue weighted by Crippen LogP contribution is -2.13. The van der Waals surface area contributed by atoms with Crippen molar-refractivity contribution in [3.05, 3.63) is 167 Å². The van der Waals surface area contributed by atoms with Gasteiger partial charge < -0.3 is 20.8 Å². The van der Waals surface area contributed by atoms with Crippen LogP contribution < -0.4 is 10.6 Å². The van der Waals surface area contributed by atoms with Crippen LogP contribution in [0.5, 0.6) is 11.5 Å². The van der Waals surface area contributed by atoms with Crippen molar-refractivity contribution < 1.29 is 19.8 Å². The minimum absolute atomic E-state index is 0.0519. The summed E-state index contributed by atoms with van der Waals surface area (Å²) >= 11 is 6.27. The molecule has 0 unspecified atom stereocenters. The normalized spacial score (nSPS) is 10.9. The van der Waals surface area contributed by atoms with E-state index in [1.54, 1.807) is 48.8 Å². The number of anilines is 2. The Bertz CT molecular complexity index is 2270. The summed E-state index contributed by atoms with van der Waals surface area (Å²) < 4.78 is 0.972. The van der Waals surface area contributed by atoms with E-state index in [1.807, 2.05) is 97.1 Å². The zero-order valence-electron chi connectivity index (χ0n) is 31.3. The summed E-state index contributed by atoms with van der Waals surface area (Å²) in [4.78, 5) is 35.2. The van der Waals surface area contributed by atoms with Crippen molar-refractivity contribution in [1.29, 1.82) is 0 Å². The Kier molecular flexibility index (Phi) is 17.0. The Balaban J connectivity index is 0.000000219. The highest BCUT2D eigenvalue weighted by atomic mass is 79.9. The van der Waals surface area contributed by atoms with Crippen LogP contribution in [0.2, 0.25) is 0 Å². The Labute approximate surface area is 350 Å². The summed E-state index contributed by atoms with van der Waals surface area (Å²) in [5, 5.41) is 25.4. The van der Waals surface area contributed by atoms with Gasteiger partial charge in [-0.3, -0.25) is 19.6 Å². The number of amides is 2. The molecular weight excluding hydrogens is 817 g/mol. The summed E-state index contributed by atoms with van der Waals surface area (Å²) in [5.41, 5.74) is 5.74. The molecule has 0 aromatic heterocycles. The van der Waals surface area contributed by atoms with Crippen molar-refractivity contribution >= 4 is 86.4 Å². The first-order valence-corrected chi connectivity index (χ1v) is 21.0. The van der Waals surface area contributed by atoms with Crippen LogP contribution in [0.3, 0.4) is 0 Å². The van der Waals surface area contributed by atoms with Gasteiger partial charge in [-0.15, -0.1) is 23.5 Å². The van der Waals surface area contributed by atoms with Gasteiger partial charge in [-0.25, -0.2) is 0 Å². The largest absolute Gasteiger partial charge is 0.507 e. The molecule has 2 amide bonds. The molecule has 11 heteroatoms. The van der Waals surface area contributed by atoms with E-state index < -0.39 is 0 Å². The number of phenols is 2. The van der Waals surface area contributed by atoms with Gasteiger partial charge in [-0.05, 0) is 115 Å². The first kappa shape index (κ1) is 42.5. The Morgan fingerprint density at radius 1 is 0.632 bits per heavy atom. The fourth-order valence-corrected chi connectivity index (χ4v) is 6.91. The maximum absolute atomic E-state index is 12.4. The van der Waals surface area contributed by atoms with E-state index in [4.69, 9.17) is 0 Å². The minimum atomic E-state index is -0.0548. The van der Waals surface area contributed by atoms with Crippen molar-refractivity contribution in [3.8, 4) is 11.5 Å². The first-order chi connectivity index (χ1) is 27.7. The van der Waals surface area contributed by atoms with Gasteiger partial charge in [0.1, 0.15) is 11.5 Å². The van der Waals surface area contributed by atoms with Crippen LogP contribution in [-0.4, -0.2) is 46.0 Å². The highest BCUT2D eigenvalue weighted by Gasteiger charge is 2.08. The number of carbonyl (C=O) groups excluding carboxylic acids is 2. The molecule has 290 valence electrons. The maximum Gasteiger partial charge on any atom is 0.234 e. The van der Waals surface area contributed by atoms with Crippen molar-refractivity contribution in [2.24, 2.45) is 9.98 Å². The molecular formula is C46H43BrN4O4S2. The Morgan fingerprint density at radius 3 is 1.75 bits per heavy atom. The van der Waals surface area contributed by atoms with Crippen molar-refractivity contribution in [2.45, 2.75) is 36.0 Å². The molecule has 0 atom stereocenters. The number of nitrogens with one attached hydrogen (secondary N) is 2. The van der Waals surface area contributed by atoms with Crippen LogP contribution in [0.25, 0.3) is 0 Å². The number of aryl methyl sites for hydroxylation is 1. The van der Waals surface area contributed by atoms with Crippen LogP contribution in [0.15, 0.2) is 170 Å². The molecule has 0 radical (unpaired) electrons. The number of halogens is 1. The molecule has 0 fully saturated rings. The summed E-state index contributed by atoms with van der Waals surface area (Å²) in [7, 11) is 0. The van der Waals surface area contributed by atoms with Gasteiger partial charge in [-0.2, -0.15) is 0 Å². The third-order valence-electron chi connectivity index (χ3n) is 8.18. The lowest BCUT2D eigenvalue weighted by molar-refractivity contribution is -0.114. The molecule has 8 nitrogen and oxygen atoms in total. The van der Waals surface area contributed by atoms with Crippen molar-refractivity contribution in [1.82, 2.24) is 0 Å². The fraction of sp³-hybridized carbons (Fsp3) is 0.130. The van der Waals surface area contributed by atoms with Gasteiger partial charge in [0.2, 0.25) is 11.8 Å². The molecule has 0 saturated heterocycles. The van der Waals surface area contributed by atoms with Crippen LogP contribution >= 0.6 is 39.5 Å². The highest BCUT2D eigenvalue weighted by molar-refractivity contribution is 9.10.